The molecule has 1 atom stereocenters. The van der Waals surface area contributed by atoms with E-state index in [0.29, 0.717) is 13.0 Å². The van der Waals surface area contributed by atoms with Crippen LogP contribution in [-0.2, 0) is 20.0 Å². The van der Waals surface area contributed by atoms with Gasteiger partial charge in [-0.15, -0.1) is 12.4 Å². The molecule has 1 aliphatic rings. The molecular weight excluding hydrogens is 326 g/mol. The first-order valence-electron chi connectivity index (χ1n) is 5.60. The van der Waals surface area contributed by atoms with Crippen molar-refractivity contribution in [1.29, 1.82) is 0 Å². The fraction of sp³-hybridized carbons (Fsp3) is 0.400. The van der Waals surface area contributed by atoms with E-state index in [2.05, 4.69) is 0 Å². The van der Waals surface area contributed by atoms with Crippen LogP contribution in [0.2, 0.25) is 0 Å². The maximum absolute atomic E-state index is 12.3. The lowest BCUT2D eigenvalue weighted by atomic mass is 10.3. The number of benzene rings is 1. The molecule has 0 bridgehead atoms. The zero-order chi connectivity index (χ0) is 14.3. The Bertz CT molecular complexity index is 690. The summed E-state index contributed by atoms with van der Waals surface area (Å²) in [5.41, 5.74) is 5.68. The number of halogens is 1. The van der Waals surface area contributed by atoms with Crippen molar-refractivity contribution in [3.63, 3.8) is 0 Å². The summed E-state index contributed by atoms with van der Waals surface area (Å²) in [6, 6.07) is 4.82. The van der Waals surface area contributed by atoms with Gasteiger partial charge in [0.05, 0.1) is 9.79 Å². The van der Waals surface area contributed by atoms with Crippen molar-refractivity contribution < 1.29 is 16.8 Å². The van der Waals surface area contributed by atoms with Crippen molar-refractivity contribution >= 4 is 32.5 Å². The average Bonchev–Trinajstić information content (AvgIpc) is 2.76. The van der Waals surface area contributed by atoms with E-state index in [-0.39, 0.29) is 34.8 Å². The third-order valence-electron chi connectivity index (χ3n) is 2.96. The van der Waals surface area contributed by atoms with Gasteiger partial charge in [0.15, 0.2) is 0 Å². The van der Waals surface area contributed by atoms with E-state index in [4.69, 9.17) is 10.9 Å². The zero-order valence-electron chi connectivity index (χ0n) is 10.5. The minimum Gasteiger partial charge on any atom is -0.326 e. The quantitative estimate of drug-likeness (QED) is 0.765. The van der Waals surface area contributed by atoms with Crippen LogP contribution in [0.5, 0.6) is 0 Å². The van der Waals surface area contributed by atoms with Crippen LogP contribution >= 0.6 is 12.4 Å². The van der Waals surface area contributed by atoms with Crippen LogP contribution in [0.1, 0.15) is 6.42 Å². The summed E-state index contributed by atoms with van der Waals surface area (Å²) in [6.07, 6.45) is 0.591. The van der Waals surface area contributed by atoms with Gasteiger partial charge in [0.2, 0.25) is 20.0 Å². The first kappa shape index (κ1) is 17.3. The Labute approximate surface area is 124 Å². The molecule has 0 aliphatic carbocycles. The molecule has 1 aromatic rings. The number of nitrogens with zero attached hydrogens (tertiary/aromatic N) is 1. The van der Waals surface area contributed by atoms with Crippen molar-refractivity contribution in [3.8, 4) is 0 Å². The summed E-state index contributed by atoms with van der Waals surface area (Å²) < 4.78 is 48.3. The topological polar surface area (TPSA) is 124 Å². The van der Waals surface area contributed by atoms with Crippen LogP contribution in [0.25, 0.3) is 0 Å². The molecule has 10 heteroatoms. The molecule has 1 aromatic carbocycles. The number of sulfonamides is 2. The normalized spacial score (nSPS) is 20.6. The summed E-state index contributed by atoms with van der Waals surface area (Å²) in [6.45, 7) is 0.574. The van der Waals surface area contributed by atoms with Crippen LogP contribution in [-0.4, -0.2) is 40.3 Å². The highest BCUT2D eigenvalue weighted by Crippen LogP contribution is 2.22. The smallest absolute Gasteiger partial charge is 0.243 e. The second-order valence-electron chi connectivity index (χ2n) is 4.43. The van der Waals surface area contributed by atoms with E-state index >= 15 is 0 Å². The van der Waals surface area contributed by atoms with E-state index < -0.39 is 20.0 Å². The summed E-state index contributed by atoms with van der Waals surface area (Å²) in [5, 5.41) is 4.99. The van der Waals surface area contributed by atoms with E-state index in [9.17, 15) is 16.8 Å². The van der Waals surface area contributed by atoms with Crippen molar-refractivity contribution in [2.75, 3.05) is 13.1 Å². The second-order valence-corrected chi connectivity index (χ2v) is 7.93. The summed E-state index contributed by atoms with van der Waals surface area (Å²) >= 11 is 0. The molecule has 0 saturated carbocycles. The van der Waals surface area contributed by atoms with Gasteiger partial charge in [-0.25, -0.2) is 22.0 Å². The van der Waals surface area contributed by atoms with Crippen LogP contribution in [0.15, 0.2) is 34.1 Å². The van der Waals surface area contributed by atoms with Gasteiger partial charge in [0, 0.05) is 19.1 Å². The molecule has 114 valence electrons. The van der Waals surface area contributed by atoms with Gasteiger partial charge in [0.25, 0.3) is 0 Å². The third kappa shape index (κ3) is 3.48. The van der Waals surface area contributed by atoms with Crippen LogP contribution in [0, 0.1) is 0 Å². The van der Waals surface area contributed by atoms with E-state index in [1.54, 1.807) is 0 Å². The SMILES string of the molecule is Cl.NC1CCN(S(=O)(=O)c2cccc(S(N)(=O)=O)c2)C1. The molecule has 0 radical (unpaired) electrons. The third-order valence-corrected chi connectivity index (χ3v) is 5.73. The molecule has 1 aliphatic heterocycles. The Morgan fingerprint density at radius 3 is 2.25 bits per heavy atom. The fourth-order valence-corrected chi connectivity index (χ4v) is 4.13. The molecule has 0 amide bonds. The first-order chi connectivity index (χ1) is 8.71. The molecule has 4 N–H and O–H groups in total. The Morgan fingerprint density at radius 1 is 1.15 bits per heavy atom. The number of rotatable bonds is 3. The van der Waals surface area contributed by atoms with Crippen molar-refractivity contribution in [3.05, 3.63) is 24.3 Å². The molecule has 0 aromatic heterocycles. The average molecular weight is 342 g/mol. The molecule has 20 heavy (non-hydrogen) atoms. The highest BCUT2D eigenvalue weighted by Gasteiger charge is 2.31. The highest BCUT2D eigenvalue weighted by molar-refractivity contribution is 7.90. The Balaban J connectivity index is 0.00000200. The van der Waals surface area contributed by atoms with Gasteiger partial charge in [-0.3, -0.25) is 0 Å². The lowest BCUT2D eigenvalue weighted by molar-refractivity contribution is 0.472. The van der Waals surface area contributed by atoms with Crippen LogP contribution in [0.4, 0.5) is 0 Å². The van der Waals surface area contributed by atoms with Crippen LogP contribution in [0.3, 0.4) is 0 Å². The number of hydrogen-bond donors (Lipinski definition) is 2. The lowest BCUT2D eigenvalue weighted by Crippen LogP contribution is -2.32. The van der Waals surface area contributed by atoms with Crippen molar-refractivity contribution in [2.24, 2.45) is 10.9 Å². The van der Waals surface area contributed by atoms with Crippen molar-refractivity contribution in [2.45, 2.75) is 22.3 Å². The standard InChI is InChI=1S/C10H15N3O4S2.ClH/c11-8-4-5-13(7-8)19(16,17)10-3-1-2-9(6-10)18(12,14)15;/h1-3,6,8H,4-5,7,11H2,(H2,12,14,15);1H. The minimum absolute atomic E-state index is 0. The van der Waals surface area contributed by atoms with E-state index in [1.165, 1.54) is 22.5 Å². The lowest BCUT2D eigenvalue weighted by Gasteiger charge is -2.16. The van der Waals surface area contributed by atoms with Gasteiger partial charge in [0.1, 0.15) is 0 Å². The van der Waals surface area contributed by atoms with Crippen molar-refractivity contribution in [1.82, 2.24) is 4.31 Å². The van der Waals surface area contributed by atoms with Gasteiger partial charge in [-0.05, 0) is 24.6 Å². The van der Waals surface area contributed by atoms with Gasteiger partial charge in [-0.1, -0.05) is 6.07 Å². The van der Waals surface area contributed by atoms with Crippen LogP contribution < -0.4 is 10.9 Å². The Kier molecular flexibility index (Phi) is 5.17. The first-order valence-corrected chi connectivity index (χ1v) is 8.58. The van der Waals surface area contributed by atoms with E-state index in [0.717, 1.165) is 6.07 Å². The van der Waals surface area contributed by atoms with Gasteiger partial charge in [-0.2, -0.15) is 4.31 Å². The number of nitrogens with two attached hydrogens (primary N) is 2. The molecule has 2 rings (SSSR count). The maximum atomic E-state index is 12.3. The Hall–Kier alpha value is -0.710. The predicted octanol–water partition coefficient (Wildman–Crippen LogP) is -0.522. The summed E-state index contributed by atoms with van der Waals surface area (Å²) in [5.74, 6) is 0. The maximum Gasteiger partial charge on any atom is 0.243 e. The number of primary sulfonamides is 1. The summed E-state index contributed by atoms with van der Waals surface area (Å²) in [4.78, 5) is -0.315. The zero-order valence-corrected chi connectivity index (χ0v) is 12.9. The molecule has 7 nitrogen and oxygen atoms in total. The second kappa shape index (κ2) is 5.96. The molecule has 1 heterocycles. The largest absolute Gasteiger partial charge is 0.326 e. The molecule has 1 fully saturated rings. The summed E-state index contributed by atoms with van der Waals surface area (Å²) in [7, 11) is -7.65. The number of hydrogen-bond acceptors (Lipinski definition) is 5. The predicted molar refractivity (Wildman–Crippen MR) is 76.4 cm³/mol. The molecular formula is C10H16ClN3O4S2. The van der Waals surface area contributed by atoms with Gasteiger partial charge >= 0.3 is 0 Å². The van der Waals surface area contributed by atoms with E-state index in [1.807, 2.05) is 0 Å². The Morgan fingerprint density at radius 2 is 1.75 bits per heavy atom. The highest BCUT2D eigenvalue weighted by atomic mass is 35.5. The molecule has 0 spiro atoms. The molecule has 1 saturated heterocycles. The van der Waals surface area contributed by atoms with Gasteiger partial charge < -0.3 is 5.73 Å². The minimum atomic E-state index is -3.93. The molecule has 1 unspecified atom stereocenters. The monoisotopic (exact) mass is 341 g/mol. The fourth-order valence-electron chi connectivity index (χ4n) is 1.93.